The van der Waals surface area contributed by atoms with E-state index in [4.69, 9.17) is 0 Å². The summed E-state index contributed by atoms with van der Waals surface area (Å²) in [7, 11) is 0. The van der Waals surface area contributed by atoms with Crippen LogP contribution in [-0.4, -0.2) is 36.5 Å². The van der Waals surface area contributed by atoms with Crippen molar-refractivity contribution in [2.24, 2.45) is 4.99 Å². The Morgan fingerprint density at radius 2 is 2.00 bits per heavy atom. The largest absolute Gasteiger partial charge is 0.357 e. The van der Waals surface area contributed by atoms with Gasteiger partial charge in [0, 0.05) is 18.1 Å². The lowest BCUT2D eigenvalue weighted by Crippen LogP contribution is -2.43. The van der Waals surface area contributed by atoms with Crippen molar-refractivity contribution in [2.45, 2.75) is 52.1 Å². The summed E-state index contributed by atoms with van der Waals surface area (Å²) in [5.74, 6) is 0.685. The van der Waals surface area contributed by atoms with Crippen molar-refractivity contribution in [3.63, 3.8) is 0 Å². The minimum atomic E-state index is -0.200. The fourth-order valence-corrected chi connectivity index (χ4v) is 1.35. The van der Waals surface area contributed by atoms with E-state index >= 15 is 0 Å². The first kappa shape index (κ1) is 13.8. The number of aliphatic imine (C=N–C) groups is 1. The molecule has 0 spiro atoms. The minimum Gasteiger partial charge on any atom is -0.357 e. The number of hydrogen-bond donors (Lipinski definition) is 3. The first-order chi connectivity index (χ1) is 7.90. The Kier molecular flexibility index (Phi) is 4.78. The lowest BCUT2D eigenvalue weighted by Gasteiger charge is -2.20. The summed E-state index contributed by atoms with van der Waals surface area (Å²) in [6.07, 6.45) is 2.39. The smallest absolute Gasteiger partial charge is 0.242 e. The lowest BCUT2D eigenvalue weighted by molar-refractivity contribution is -0.121. The Hall–Kier alpha value is -1.26. The summed E-state index contributed by atoms with van der Waals surface area (Å²) in [6, 6.07) is 0.540. The maximum atomic E-state index is 11.6. The summed E-state index contributed by atoms with van der Waals surface area (Å²) < 4.78 is 0. The van der Waals surface area contributed by atoms with Crippen molar-refractivity contribution in [3.05, 3.63) is 0 Å². The summed E-state index contributed by atoms with van der Waals surface area (Å²) in [6.45, 7) is 8.87. The van der Waals surface area contributed by atoms with Gasteiger partial charge in [0.15, 0.2) is 5.96 Å². The van der Waals surface area contributed by atoms with Crippen molar-refractivity contribution >= 4 is 11.9 Å². The van der Waals surface area contributed by atoms with Gasteiger partial charge in [-0.2, -0.15) is 0 Å². The fraction of sp³-hybridized carbons (Fsp3) is 0.833. The number of nitrogens with one attached hydrogen (secondary N) is 3. The Balaban J connectivity index is 2.38. The highest BCUT2D eigenvalue weighted by Crippen LogP contribution is 2.18. The van der Waals surface area contributed by atoms with Crippen LogP contribution in [0.25, 0.3) is 0 Å². The van der Waals surface area contributed by atoms with Gasteiger partial charge in [0.1, 0.15) is 6.54 Å². The third-order valence-electron chi connectivity index (χ3n) is 2.16. The van der Waals surface area contributed by atoms with Gasteiger partial charge in [-0.3, -0.25) is 4.79 Å². The average molecular weight is 240 g/mol. The predicted octanol–water partition coefficient (Wildman–Crippen LogP) is 0.619. The summed E-state index contributed by atoms with van der Waals surface area (Å²) in [5.41, 5.74) is -0.200. The fourth-order valence-electron chi connectivity index (χ4n) is 1.35. The van der Waals surface area contributed by atoms with E-state index < -0.39 is 0 Å². The molecule has 0 bridgehead atoms. The van der Waals surface area contributed by atoms with Crippen LogP contribution in [-0.2, 0) is 4.79 Å². The Bertz CT molecular complexity index is 289. The van der Waals surface area contributed by atoms with E-state index in [9.17, 15) is 4.79 Å². The van der Waals surface area contributed by atoms with Gasteiger partial charge in [0.2, 0.25) is 5.91 Å². The third kappa shape index (κ3) is 6.81. The monoisotopic (exact) mass is 240 g/mol. The van der Waals surface area contributed by atoms with Gasteiger partial charge in [-0.15, -0.1) is 0 Å². The first-order valence-electron chi connectivity index (χ1n) is 6.26. The molecule has 0 heterocycles. The van der Waals surface area contributed by atoms with Gasteiger partial charge >= 0.3 is 0 Å². The predicted molar refractivity (Wildman–Crippen MR) is 70.0 cm³/mol. The molecule has 0 saturated heterocycles. The second-order valence-electron chi connectivity index (χ2n) is 5.41. The molecule has 0 aromatic rings. The van der Waals surface area contributed by atoms with E-state index in [1.54, 1.807) is 0 Å². The molecule has 3 N–H and O–H groups in total. The molecule has 0 radical (unpaired) electrons. The number of carbonyl (C=O) groups is 1. The van der Waals surface area contributed by atoms with E-state index in [1.807, 2.05) is 27.7 Å². The highest BCUT2D eigenvalue weighted by Gasteiger charge is 2.22. The van der Waals surface area contributed by atoms with Crippen LogP contribution in [0.5, 0.6) is 0 Å². The molecule has 1 amide bonds. The van der Waals surface area contributed by atoms with Gasteiger partial charge in [-0.1, -0.05) is 0 Å². The summed E-state index contributed by atoms with van der Waals surface area (Å²) in [5, 5.41) is 9.28. The third-order valence-corrected chi connectivity index (χ3v) is 2.16. The topological polar surface area (TPSA) is 65.5 Å². The van der Waals surface area contributed by atoms with Crippen molar-refractivity contribution < 1.29 is 4.79 Å². The molecule has 0 atom stereocenters. The molecule has 98 valence electrons. The number of amides is 1. The van der Waals surface area contributed by atoms with Crippen LogP contribution in [0, 0.1) is 0 Å². The standard InChI is InChI=1S/C12H24N4O/c1-5-13-11(15-9-6-7-9)14-8-10(17)16-12(2,3)4/h9H,5-8H2,1-4H3,(H,16,17)(H2,13,14,15). The minimum absolute atomic E-state index is 0.0505. The van der Waals surface area contributed by atoms with E-state index in [-0.39, 0.29) is 18.0 Å². The molecular weight excluding hydrogens is 216 g/mol. The van der Waals surface area contributed by atoms with Crippen molar-refractivity contribution in [3.8, 4) is 0 Å². The second kappa shape index (κ2) is 5.89. The number of carbonyl (C=O) groups excluding carboxylic acids is 1. The molecule has 0 aliphatic heterocycles. The average Bonchev–Trinajstić information content (AvgIpc) is 2.95. The van der Waals surface area contributed by atoms with E-state index in [1.165, 1.54) is 12.8 Å². The van der Waals surface area contributed by atoms with Gasteiger partial charge in [-0.05, 0) is 40.5 Å². The van der Waals surface area contributed by atoms with Crippen molar-refractivity contribution in [1.82, 2.24) is 16.0 Å². The van der Waals surface area contributed by atoms with Crippen LogP contribution in [0.15, 0.2) is 4.99 Å². The number of hydrogen-bond acceptors (Lipinski definition) is 2. The van der Waals surface area contributed by atoms with Gasteiger partial charge in [-0.25, -0.2) is 4.99 Å². The lowest BCUT2D eigenvalue weighted by atomic mass is 10.1. The van der Waals surface area contributed by atoms with Crippen LogP contribution in [0.3, 0.4) is 0 Å². The molecule has 0 aromatic carbocycles. The number of rotatable bonds is 4. The molecule has 0 aromatic heterocycles. The van der Waals surface area contributed by atoms with Crippen LogP contribution >= 0.6 is 0 Å². The molecular formula is C12H24N4O. The van der Waals surface area contributed by atoms with Gasteiger partial charge in [0.05, 0.1) is 0 Å². The quantitative estimate of drug-likeness (QED) is 0.498. The molecule has 1 fully saturated rings. The zero-order valence-corrected chi connectivity index (χ0v) is 11.3. The molecule has 0 unspecified atom stereocenters. The Labute approximate surface area is 103 Å². The molecule has 5 heteroatoms. The highest BCUT2D eigenvalue weighted by atomic mass is 16.2. The highest BCUT2D eigenvalue weighted by molar-refractivity contribution is 5.85. The zero-order valence-electron chi connectivity index (χ0n) is 11.3. The first-order valence-corrected chi connectivity index (χ1v) is 6.26. The number of guanidine groups is 1. The van der Waals surface area contributed by atoms with E-state index in [0.717, 1.165) is 12.5 Å². The van der Waals surface area contributed by atoms with Crippen LogP contribution in [0.2, 0.25) is 0 Å². The van der Waals surface area contributed by atoms with Crippen LogP contribution < -0.4 is 16.0 Å². The van der Waals surface area contributed by atoms with Gasteiger partial charge < -0.3 is 16.0 Å². The Morgan fingerprint density at radius 1 is 1.35 bits per heavy atom. The zero-order chi connectivity index (χ0) is 12.9. The van der Waals surface area contributed by atoms with E-state index in [0.29, 0.717) is 6.04 Å². The van der Waals surface area contributed by atoms with Gasteiger partial charge in [0.25, 0.3) is 0 Å². The maximum absolute atomic E-state index is 11.6. The van der Waals surface area contributed by atoms with Crippen LogP contribution in [0.4, 0.5) is 0 Å². The second-order valence-corrected chi connectivity index (χ2v) is 5.41. The summed E-state index contributed by atoms with van der Waals surface area (Å²) in [4.78, 5) is 15.9. The van der Waals surface area contributed by atoms with E-state index in [2.05, 4.69) is 20.9 Å². The van der Waals surface area contributed by atoms with Crippen molar-refractivity contribution in [1.29, 1.82) is 0 Å². The summed E-state index contributed by atoms with van der Waals surface area (Å²) >= 11 is 0. The molecule has 1 aliphatic rings. The molecule has 1 aliphatic carbocycles. The normalized spacial score (nSPS) is 16.6. The molecule has 5 nitrogen and oxygen atoms in total. The molecule has 1 rings (SSSR count). The van der Waals surface area contributed by atoms with Crippen LogP contribution in [0.1, 0.15) is 40.5 Å². The van der Waals surface area contributed by atoms with Crippen molar-refractivity contribution in [2.75, 3.05) is 13.1 Å². The number of nitrogens with zero attached hydrogens (tertiary/aromatic N) is 1. The molecule has 1 saturated carbocycles. The Morgan fingerprint density at radius 3 is 2.47 bits per heavy atom. The molecule has 17 heavy (non-hydrogen) atoms. The maximum Gasteiger partial charge on any atom is 0.242 e. The SMILES string of the molecule is CCNC(=NCC(=O)NC(C)(C)C)NC1CC1.